The maximum absolute atomic E-state index is 13.1. The van der Waals surface area contributed by atoms with Crippen LogP contribution >= 0.6 is 0 Å². The molecule has 0 saturated carbocycles. The quantitative estimate of drug-likeness (QED) is 0.347. The van der Waals surface area contributed by atoms with Crippen molar-refractivity contribution in [3.8, 4) is 5.75 Å². The van der Waals surface area contributed by atoms with Gasteiger partial charge in [-0.15, -0.1) is 0 Å². The van der Waals surface area contributed by atoms with Crippen LogP contribution in [0.4, 0.5) is 0 Å². The number of ether oxygens (including phenoxy) is 2. The molecule has 0 unspecified atom stereocenters. The topological polar surface area (TPSA) is 65.7 Å². The van der Waals surface area contributed by atoms with Crippen LogP contribution in [-0.2, 0) is 16.1 Å². The van der Waals surface area contributed by atoms with E-state index in [0.29, 0.717) is 22.3 Å². The minimum Gasteiger partial charge on any atom is -0.497 e. The Balaban J connectivity index is 1.64. The Morgan fingerprint density at radius 2 is 1.53 bits per heavy atom. The van der Waals surface area contributed by atoms with Crippen LogP contribution in [0.3, 0.4) is 0 Å². The van der Waals surface area contributed by atoms with Gasteiger partial charge in [0.05, 0.1) is 7.11 Å². The predicted molar refractivity (Wildman–Crippen MR) is 114 cm³/mol. The first kappa shape index (κ1) is 19.5. The highest BCUT2D eigenvalue weighted by molar-refractivity contribution is 5.84. The Morgan fingerprint density at radius 3 is 2.13 bits per heavy atom. The highest BCUT2D eigenvalue weighted by atomic mass is 16.5. The van der Waals surface area contributed by atoms with E-state index in [4.69, 9.17) is 13.9 Å². The second kappa shape index (κ2) is 8.66. The summed E-state index contributed by atoms with van der Waals surface area (Å²) in [6, 6.07) is 25.5. The van der Waals surface area contributed by atoms with E-state index in [1.165, 1.54) is 13.2 Å². The third-order valence-electron chi connectivity index (χ3n) is 4.91. The van der Waals surface area contributed by atoms with Crippen molar-refractivity contribution in [2.24, 2.45) is 0 Å². The summed E-state index contributed by atoms with van der Waals surface area (Å²) in [5, 5.41) is 0.694. The van der Waals surface area contributed by atoms with Crippen LogP contribution in [0.25, 0.3) is 11.0 Å². The fraction of sp³-hybridized carbons (Fsp3) is 0.120. The molecule has 5 heteroatoms. The SMILES string of the molecule is COc1ccc2c(COC(=O)C(c3ccccc3)c3ccccc3)cc(=O)oc2c1. The Morgan fingerprint density at radius 1 is 0.900 bits per heavy atom. The van der Waals surface area contributed by atoms with Crippen molar-refractivity contribution < 1.29 is 18.7 Å². The highest BCUT2D eigenvalue weighted by Gasteiger charge is 2.24. The zero-order chi connectivity index (χ0) is 20.9. The molecule has 0 atom stereocenters. The lowest BCUT2D eigenvalue weighted by Gasteiger charge is -2.17. The zero-order valence-electron chi connectivity index (χ0n) is 16.4. The molecule has 30 heavy (non-hydrogen) atoms. The first-order chi connectivity index (χ1) is 14.7. The number of methoxy groups -OCH3 is 1. The Bertz CT molecular complexity index is 1170. The molecular formula is C25H20O5. The molecule has 0 aliphatic heterocycles. The maximum atomic E-state index is 13.1. The van der Waals surface area contributed by atoms with E-state index in [2.05, 4.69) is 0 Å². The standard InChI is InChI=1S/C25H20O5/c1-28-20-12-13-21-19(14-23(26)30-22(21)15-20)16-29-25(27)24(17-8-4-2-5-9-17)18-10-6-3-7-11-18/h2-15,24H,16H2,1H3. The first-order valence-corrected chi connectivity index (χ1v) is 9.53. The van der Waals surface area contributed by atoms with Crippen LogP contribution in [0.2, 0.25) is 0 Å². The van der Waals surface area contributed by atoms with Crippen molar-refractivity contribution >= 4 is 16.9 Å². The largest absolute Gasteiger partial charge is 0.497 e. The van der Waals surface area contributed by atoms with Crippen molar-refractivity contribution in [3.05, 3.63) is 112 Å². The number of benzene rings is 3. The number of rotatable bonds is 6. The molecule has 4 aromatic rings. The van der Waals surface area contributed by atoms with Crippen LogP contribution in [0.15, 0.2) is 94.1 Å². The van der Waals surface area contributed by atoms with E-state index >= 15 is 0 Å². The van der Waals surface area contributed by atoms with E-state index < -0.39 is 11.5 Å². The first-order valence-electron chi connectivity index (χ1n) is 9.53. The lowest BCUT2D eigenvalue weighted by Crippen LogP contribution is -2.17. The van der Waals surface area contributed by atoms with Gasteiger partial charge in [0.2, 0.25) is 0 Å². The highest BCUT2D eigenvalue weighted by Crippen LogP contribution is 2.27. The molecule has 0 saturated heterocycles. The molecule has 0 bridgehead atoms. The molecule has 1 heterocycles. The van der Waals surface area contributed by atoms with Gasteiger partial charge in [0.1, 0.15) is 23.9 Å². The summed E-state index contributed by atoms with van der Waals surface area (Å²) in [5.41, 5.74) is 2.14. The Labute approximate surface area is 173 Å². The van der Waals surface area contributed by atoms with E-state index in [-0.39, 0.29) is 12.6 Å². The molecule has 0 fully saturated rings. The monoisotopic (exact) mass is 400 g/mol. The molecule has 0 amide bonds. The summed E-state index contributed by atoms with van der Waals surface area (Å²) in [6.07, 6.45) is 0. The predicted octanol–water partition coefficient (Wildman–Crippen LogP) is 4.68. The van der Waals surface area contributed by atoms with Crippen LogP contribution in [0.1, 0.15) is 22.6 Å². The van der Waals surface area contributed by atoms with Gasteiger partial charge in [0.25, 0.3) is 0 Å². The van der Waals surface area contributed by atoms with Crippen LogP contribution in [0, 0.1) is 0 Å². The second-order valence-corrected chi connectivity index (χ2v) is 6.81. The van der Waals surface area contributed by atoms with Gasteiger partial charge in [-0.25, -0.2) is 4.79 Å². The van der Waals surface area contributed by atoms with Crippen LogP contribution in [-0.4, -0.2) is 13.1 Å². The third-order valence-corrected chi connectivity index (χ3v) is 4.91. The number of hydrogen-bond acceptors (Lipinski definition) is 5. The number of esters is 1. The van der Waals surface area contributed by atoms with Gasteiger partial charge in [-0.1, -0.05) is 60.7 Å². The lowest BCUT2D eigenvalue weighted by molar-refractivity contribution is -0.145. The molecular weight excluding hydrogens is 380 g/mol. The lowest BCUT2D eigenvalue weighted by atomic mass is 9.91. The Hall–Kier alpha value is -3.86. The summed E-state index contributed by atoms with van der Waals surface area (Å²) < 4.78 is 16.1. The normalized spacial score (nSPS) is 10.9. The van der Waals surface area contributed by atoms with E-state index in [1.54, 1.807) is 18.2 Å². The fourth-order valence-corrected chi connectivity index (χ4v) is 3.44. The number of hydrogen-bond donors (Lipinski definition) is 0. The van der Waals surface area contributed by atoms with Gasteiger partial charge >= 0.3 is 11.6 Å². The number of carbonyl (C=O) groups excluding carboxylic acids is 1. The van der Waals surface area contributed by atoms with Gasteiger partial charge in [-0.05, 0) is 23.3 Å². The molecule has 0 N–H and O–H groups in total. The second-order valence-electron chi connectivity index (χ2n) is 6.81. The maximum Gasteiger partial charge on any atom is 0.336 e. The van der Waals surface area contributed by atoms with Gasteiger partial charge in [-0.3, -0.25) is 4.79 Å². The van der Waals surface area contributed by atoms with E-state index in [0.717, 1.165) is 11.1 Å². The number of carbonyl (C=O) groups is 1. The number of fused-ring (bicyclic) bond motifs is 1. The molecule has 1 aromatic heterocycles. The van der Waals surface area contributed by atoms with Crippen molar-refractivity contribution in [2.45, 2.75) is 12.5 Å². The average molecular weight is 400 g/mol. The average Bonchev–Trinajstić information content (AvgIpc) is 2.78. The van der Waals surface area contributed by atoms with Gasteiger partial charge in [-0.2, -0.15) is 0 Å². The summed E-state index contributed by atoms with van der Waals surface area (Å²) in [4.78, 5) is 25.1. The van der Waals surface area contributed by atoms with Crippen LogP contribution < -0.4 is 10.4 Å². The molecule has 0 radical (unpaired) electrons. The van der Waals surface area contributed by atoms with Crippen molar-refractivity contribution in [1.82, 2.24) is 0 Å². The van der Waals surface area contributed by atoms with Crippen molar-refractivity contribution in [2.75, 3.05) is 7.11 Å². The minimum atomic E-state index is -0.557. The van der Waals surface area contributed by atoms with Gasteiger partial charge < -0.3 is 13.9 Å². The van der Waals surface area contributed by atoms with Gasteiger partial charge in [0.15, 0.2) is 0 Å². The summed E-state index contributed by atoms with van der Waals surface area (Å²) in [7, 11) is 1.54. The van der Waals surface area contributed by atoms with E-state index in [1.807, 2.05) is 60.7 Å². The molecule has 3 aromatic carbocycles. The van der Waals surface area contributed by atoms with Crippen LogP contribution in [0.5, 0.6) is 5.75 Å². The van der Waals surface area contributed by atoms with Gasteiger partial charge in [0, 0.05) is 23.1 Å². The van der Waals surface area contributed by atoms with Crippen molar-refractivity contribution in [1.29, 1.82) is 0 Å². The third kappa shape index (κ3) is 4.10. The molecule has 150 valence electrons. The molecule has 5 nitrogen and oxygen atoms in total. The fourth-order valence-electron chi connectivity index (χ4n) is 3.44. The van der Waals surface area contributed by atoms with E-state index in [9.17, 15) is 9.59 Å². The summed E-state index contributed by atoms with van der Waals surface area (Å²) >= 11 is 0. The summed E-state index contributed by atoms with van der Waals surface area (Å²) in [6.45, 7) is -0.0383. The molecule has 4 rings (SSSR count). The Kier molecular flexibility index (Phi) is 5.61. The summed E-state index contributed by atoms with van der Waals surface area (Å²) in [5.74, 6) is -0.366. The molecule has 0 spiro atoms. The smallest absolute Gasteiger partial charge is 0.336 e. The minimum absolute atomic E-state index is 0.0383. The molecule has 0 aliphatic rings. The molecule has 0 aliphatic carbocycles. The van der Waals surface area contributed by atoms with Crippen molar-refractivity contribution in [3.63, 3.8) is 0 Å². The zero-order valence-corrected chi connectivity index (χ0v) is 16.4.